The number of nitrogens with zero attached hydrogens (tertiary/aromatic N) is 1. The SMILES string of the molecule is CC.CCCCCCCN(C)C=O. The first kappa shape index (κ1) is 15.0. The van der Waals surface area contributed by atoms with E-state index in [4.69, 9.17) is 0 Å². The van der Waals surface area contributed by atoms with Gasteiger partial charge in [0.05, 0.1) is 0 Å². The minimum atomic E-state index is 0.889. The Morgan fingerprint density at radius 3 is 2.08 bits per heavy atom. The molecule has 0 aromatic heterocycles. The van der Waals surface area contributed by atoms with Crippen LogP contribution in [0.5, 0.6) is 0 Å². The summed E-state index contributed by atoms with van der Waals surface area (Å²) in [5.41, 5.74) is 0. The van der Waals surface area contributed by atoms with Crippen molar-refractivity contribution in [2.75, 3.05) is 13.6 Å². The first-order chi connectivity index (χ1) is 6.31. The molecule has 2 heteroatoms. The normalized spacial score (nSPS) is 8.62. The monoisotopic (exact) mass is 187 g/mol. The third-order valence-corrected chi connectivity index (χ3v) is 1.79. The molecule has 2 nitrogen and oxygen atoms in total. The molecule has 0 aromatic rings. The molecule has 0 saturated heterocycles. The van der Waals surface area contributed by atoms with Gasteiger partial charge in [-0.25, -0.2) is 0 Å². The summed E-state index contributed by atoms with van der Waals surface area (Å²) in [6.45, 7) is 7.12. The Morgan fingerprint density at radius 2 is 1.62 bits per heavy atom. The van der Waals surface area contributed by atoms with E-state index in [1.165, 1.54) is 25.7 Å². The van der Waals surface area contributed by atoms with Gasteiger partial charge in [0, 0.05) is 13.6 Å². The standard InChI is InChI=1S/C9H19NO.C2H6/c1-3-4-5-6-7-8-10(2)9-11;1-2/h9H,3-8H2,1-2H3;1-2H3. The van der Waals surface area contributed by atoms with Crippen LogP contribution in [-0.4, -0.2) is 24.9 Å². The van der Waals surface area contributed by atoms with Crippen LogP contribution in [-0.2, 0) is 4.79 Å². The summed E-state index contributed by atoms with van der Waals surface area (Å²) in [7, 11) is 1.83. The number of unbranched alkanes of at least 4 members (excludes halogenated alkanes) is 4. The van der Waals surface area contributed by atoms with E-state index in [-0.39, 0.29) is 0 Å². The second-order valence-corrected chi connectivity index (χ2v) is 3.00. The van der Waals surface area contributed by atoms with Crippen LogP contribution in [0.1, 0.15) is 52.9 Å². The number of rotatable bonds is 7. The van der Waals surface area contributed by atoms with E-state index >= 15 is 0 Å². The summed E-state index contributed by atoms with van der Waals surface area (Å²) >= 11 is 0. The van der Waals surface area contributed by atoms with Crippen molar-refractivity contribution < 1.29 is 4.79 Å². The van der Waals surface area contributed by atoms with Crippen molar-refractivity contribution in [3.63, 3.8) is 0 Å². The topological polar surface area (TPSA) is 20.3 Å². The molecule has 0 bridgehead atoms. The summed E-state index contributed by atoms with van der Waals surface area (Å²) in [6.07, 6.45) is 7.21. The number of hydrogen-bond acceptors (Lipinski definition) is 1. The zero-order valence-electron chi connectivity index (χ0n) is 9.68. The van der Waals surface area contributed by atoms with Crippen molar-refractivity contribution in [1.29, 1.82) is 0 Å². The quantitative estimate of drug-likeness (QED) is 0.443. The van der Waals surface area contributed by atoms with E-state index in [1.54, 1.807) is 4.90 Å². The molecule has 80 valence electrons. The van der Waals surface area contributed by atoms with Crippen LogP contribution in [0.3, 0.4) is 0 Å². The van der Waals surface area contributed by atoms with E-state index in [0.29, 0.717) is 0 Å². The molecule has 0 aromatic carbocycles. The third kappa shape index (κ3) is 14.3. The van der Waals surface area contributed by atoms with Crippen LogP contribution in [0.4, 0.5) is 0 Å². The molecule has 0 rings (SSSR count). The van der Waals surface area contributed by atoms with Gasteiger partial charge in [-0.2, -0.15) is 0 Å². The minimum absolute atomic E-state index is 0.889. The average Bonchev–Trinajstić information content (AvgIpc) is 2.20. The van der Waals surface area contributed by atoms with E-state index in [1.807, 2.05) is 20.9 Å². The molecule has 0 aliphatic rings. The maximum Gasteiger partial charge on any atom is 0.209 e. The maximum absolute atomic E-state index is 10.2. The second kappa shape index (κ2) is 14.0. The second-order valence-electron chi connectivity index (χ2n) is 3.00. The molecule has 0 aliphatic carbocycles. The van der Waals surface area contributed by atoms with Crippen molar-refractivity contribution in [3.8, 4) is 0 Å². The molecule has 0 spiro atoms. The highest BCUT2D eigenvalue weighted by molar-refractivity contribution is 5.46. The molecule has 0 aliphatic heterocycles. The Bertz CT molecular complexity index is 94.1. The van der Waals surface area contributed by atoms with Crippen LogP contribution in [0.15, 0.2) is 0 Å². The first-order valence-corrected chi connectivity index (χ1v) is 5.46. The molecule has 0 unspecified atom stereocenters. The van der Waals surface area contributed by atoms with Crippen molar-refractivity contribution >= 4 is 6.41 Å². The van der Waals surface area contributed by atoms with Gasteiger partial charge in [0.15, 0.2) is 0 Å². The fourth-order valence-electron chi connectivity index (χ4n) is 1.02. The van der Waals surface area contributed by atoms with Crippen LogP contribution in [0, 0.1) is 0 Å². The van der Waals surface area contributed by atoms with Gasteiger partial charge in [-0.3, -0.25) is 4.79 Å². The number of amides is 1. The smallest absolute Gasteiger partial charge is 0.209 e. The Labute approximate surface area is 83.3 Å². The molecule has 0 radical (unpaired) electrons. The van der Waals surface area contributed by atoms with Gasteiger partial charge in [0.25, 0.3) is 0 Å². The van der Waals surface area contributed by atoms with Gasteiger partial charge in [-0.15, -0.1) is 0 Å². The lowest BCUT2D eigenvalue weighted by Gasteiger charge is -2.08. The summed E-state index contributed by atoms with van der Waals surface area (Å²) in [6, 6.07) is 0. The predicted octanol–water partition coefficient (Wildman–Crippen LogP) is 3.07. The van der Waals surface area contributed by atoms with Crippen molar-refractivity contribution in [2.45, 2.75) is 52.9 Å². The van der Waals surface area contributed by atoms with Crippen LogP contribution in [0.2, 0.25) is 0 Å². The summed E-state index contributed by atoms with van der Waals surface area (Å²) < 4.78 is 0. The van der Waals surface area contributed by atoms with E-state index in [0.717, 1.165) is 19.4 Å². The summed E-state index contributed by atoms with van der Waals surface area (Å²) in [5.74, 6) is 0. The molecule has 0 fully saturated rings. The predicted molar refractivity (Wildman–Crippen MR) is 58.8 cm³/mol. The van der Waals surface area contributed by atoms with Crippen molar-refractivity contribution in [1.82, 2.24) is 4.90 Å². The van der Waals surface area contributed by atoms with Crippen LogP contribution in [0.25, 0.3) is 0 Å². The minimum Gasteiger partial charge on any atom is -0.348 e. The Balaban J connectivity index is 0. The largest absolute Gasteiger partial charge is 0.348 e. The molecule has 0 heterocycles. The van der Waals surface area contributed by atoms with E-state index in [2.05, 4.69) is 6.92 Å². The number of carbonyl (C=O) groups is 1. The van der Waals surface area contributed by atoms with Gasteiger partial charge < -0.3 is 4.90 Å². The van der Waals surface area contributed by atoms with E-state index < -0.39 is 0 Å². The molecule has 1 amide bonds. The molecule has 0 N–H and O–H groups in total. The van der Waals surface area contributed by atoms with Crippen LogP contribution < -0.4 is 0 Å². The fourth-order valence-corrected chi connectivity index (χ4v) is 1.02. The number of carbonyl (C=O) groups excluding carboxylic acids is 1. The summed E-state index contributed by atoms with van der Waals surface area (Å²) in [5, 5.41) is 0. The van der Waals surface area contributed by atoms with Gasteiger partial charge in [0.1, 0.15) is 0 Å². The molecule has 0 saturated carbocycles. The van der Waals surface area contributed by atoms with Gasteiger partial charge in [-0.1, -0.05) is 46.5 Å². The average molecular weight is 187 g/mol. The molecular formula is C11H25NO. The zero-order chi connectivity index (χ0) is 10.5. The zero-order valence-corrected chi connectivity index (χ0v) is 9.68. The highest BCUT2D eigenvalue weighted by Crippen LogP contribution is 2.02. The lowest BCUT2D eigenvalue weighted by Crippen LogP contribution is -2.16. The lowest BCUT2D eigenvalue weighted by molar-refractivity contribution is -0.117. The van der Waals surface area contributed by atoms with Crippen LogP contribution >= 0.6 is 0 Å². The maximum atomic E-state index is 10.2. The lowest BCUT2D eigenvalue weighted by atomic mass is 10.1. The highest BCUT2D eigenvalue weighted by atomic mass is 16.1. The van der Waals surface area contributed by atoms with Gasteiger partial charge in [-0.05, 0) is 6.42 Å². The van der Waals surface area contributed by atoms with Gasteiger partial charge >= 0.3 is 0 Å². The Morgan fingerprint density at radius 1 is 1.08 bits per heavy atom. The molecule has 13 heavy (non-hydrogen) atoms. The molecular weight excluding hydrogens is 162 g/mol. The summed E-state index contributed by atoms with van der Waals surface area (Å²) in [4.78, 5) is 11.9. The van der Waals surface area contributed by atoms with Crippen molar-refractivity contribution in [3.05, 3.63) is 0 Å². The fraction of sp³-hybridized carbons (Fsp3) is 0.909. The third-order valence-electron chi connectivity index (χ3n) is 1.79. The van der Waals surface area contributed by atoms with Gasteiger partial charge in [0.2, 0.25) is 6.41 Å². The Hall–Kier alpha value is -0.530. The number of hydrogen-bond donors (Lipinski definition) is 0. The highest BCUT2D eigenvalue weighted by Gasteiger charge is 1.92. The van der Waals surface area contributed by atoms with E-state index in [9.17, 15) is 4.79 Å². The molecule has 0 atom stereocenters. The van der Waals surface area contributed by atoms with Crippen molar-refractivity contribution in [2.24, 2.45) is 0 Å². The Kier molecular flexibility index (Phi) is 16.1. The first-order valence-electron chi connectivity index (χ1n) is 5.46.